The number of carbonyl (C=O) groups excluding carboxylic acids is 3. The number of thiophene rings is 1. The van der Waals surface area contributed by atoms with E-state index in [0.29, 0.717) is 28.5 Å². The van der Waals surface area contributed by atoms with Crippen LogP contribution in [0, 0.1) is 6.92 Å². The smallest absolute Gasteiger partial charge is 0.341 e. The van der Waals surface area contributed by atoms with E-state index in [2.05, 4.69) is 5.32 Å². The van der Waals surface area contributed by atoms with Crippen LogP contribution in [0.15, 0.2) is 18.2 Å². The summed E-state index contributed by atoms with van der Waals surface area (Å²) in [6, 6.07) is 4.64. The normalized spacial score (nSPS) is 10.6. The first-order valence-electron chi connectivity index (χ1n) is 10.3. The molecule has 0 unspecified atom stereocenters. The number of methoxy groups -OCH3 is 1. The molecular weight excluding hydrogens is 434 g/mol. The molecule has 2 aromatic rings. The van der Waals surface area contributed by atoms with Gasteiger partial charge in [0.1, 0.15) is 5.00 Å². The molecule has 174 valence electrons. The van der Waals surface area contributed by atoms with E-state index < -0.39 is 24.5 Å². The monoisotopic (exact) mass is 463 g/mol. The molecule has 1 aromatic carbocycles. The van der Waals surface area contributed by atoms with Crippen LogP contribution in [-0.4, -0.2) is 44.3 Å². The van der Waals surface area contributed by atoms with Crippen molar-refractivity contribution in [2.45, 2.75) is 47.1 Å². The molecule has 9 heteroatoms. The maximum absolute atomic E-state index is 12.4. The van der Waals surface area contributed by atoms with E-state index in [-0.39, 0.29) is 18.3 Å². The van der Waals surface area contributed by atoms with Crippen LogP contribution in [0.5, 0.6) is 11.5 Å². The van der Waals surface area contributed by atoms with Gasteiger partial charge in [0.05, 0.1) is 30.9 Å². The zero-order valence-corrected chi connectivity index (χ0v) is 20.0. The number of rotatable bonds is 10. The summed E-state index contributed by atoms with van der Waals surface area (Å²) in [4.78, 5) is 38.1. The largest absolute Gasteiger partial charge is 0.493 e. The predicted octanol–water partition coefficient (Wildman–Crippen LogP) is 4.39. The van der Waals surface area contributed by atoms with Crippen molar-refractivity contribution in [1.82, 2.24) is 0 Å². The summed E-state index contributed by atoms with van der Waals surface area (Å²) in [6.45, 7) is 9.01. The Kier molecular flexibility index (Phi) is 9.07. The quantitative estimate of drug-likeness (QED) is 0.522. The maximum Gasteiger partial charge on any atom is 0.341 e. The highest BCUT2D eigenvalue weighted by atomic mass is 32.1. The van der Waals surface area contributed by atoms with Crippen LogP contribution in [0.2, 0.25) is 0 Å². The van der Waals surface area contributed by atoms with Crippen LogP contribution in [0.4, 0.5) is 5.00 Å². The minimum atomic E-state index is -0.684. The van der Waals surface area contributed by atoms with Crippen molar-refractivity contribution in [3.63, 3.8) is 0 Å². The van der Waals surface area contributed by atoms with Gasteiger partial charge in [-0.2, -0.15) is 0 Å². The van der Waals surface area contributed by atoms with E-state index >= 15 is 0 Å². The van der Waals surface area contributed by atoms with Crippen LogP contribution < -0.4 is 14.8 Å². The van der Waals surface area contributed by atoms with E-state index in [1.54, 1.807) is 13.0 Å². The third kappa shape index (κ3) is 6.23. The number of hydrogen-bond donors (Lipinski definition) is 1. The highest BCUT2D eigenvalue weighted by Crippen LogP contribution is 2.34. The molecular formula is C23H29NO7S. The van der Waals surface area contributed by atoms with Gasteiger partial charge in [-0.15, -0.1) is 11.3 Å². The number of esters is 2. The zero-order chi connectivity index (χ0) is 23.8. The molecule has 0 saturated heterocycles. The van der Waals surface area contributed by atoms with E-state index in [0.717, 1.165) is 10.4 Å². The van der Waals surface area contributed by atoms with Gasteiger partial charge in [0, 0.05) is 4.88 Å². The molecule has 0 aliphatic carbocycles. The number of carbonyl (C=O) groups is 3. The van der Waals surface area contributed by atoms with Gasteiger partial charge in [-0.1, -0.05) is 6.92 Å². The Labute approximate surface area is 191 Å². The van der Waals surface area contributed by atoms with Crippen molar-refractivity contribution in [1.29, 1.82) is 0 Å². The van der Waals surface area contributed by atoms with Gasteiger partial charge in [-0.3, -0.25) is 4.79 Å². The molecule has 0 aliphatic heterocycles. The summed E-state index contributed by atoms with van der Waals surface area (Å²) in [7, 11) is 1.47. The van der Waals surface area contributed by atoms with Crippen molar-refractivity contribution in [3.05, 3.63) is 39.8 Å². The molecule has 0 bridgehead atoms. The van der Waals surface area contributed by atoms with Gasteiger partial charge in [0.25, 0.3) is 5.91 Å². The molecule has 1 N–H and O–H groups in total. The standard InChI is InChI=1S/C23H29NO7S/c1-7-16-14(5)32-21(20(16)23(27)29-8-2)24-19(25)12-30-22(26)15-9-10-17(31-13(3)4)18(11-15)28-6/h9-11,13H,7-8,12H2,1-6H3,(H,24,25). The van der Waals surface area contributed by atoms with Gasteiger partial charge in [0.15, 0.2) is 18.1 Å². The lowest BCUT2D eigenvalue weighted by atomic mass is 10.1. The SMILES string of the molecule is CCOC(=O)c1c(NC(=O)COC(=O)c2ccc(OC(C)C)c(OC)c2)sc(C)c1CC. The predicted molar refractivity (Wildman–Crippen MR) is 122 cm³/mol. The molecule has 1 amide bonds. The first kappa shape index (κ1) is 25.2. The number of amides is 1. The molecule has 2 rings (SSSR count). The van der Waals surface area contributed by atoms with Gasteiger partial charge in [0.2, 0.25) is 0 Å². The molecule has 0 atom stereocenters. The minimum absolute atomic E-state index is 0.0565. The van der Waals surface area contributed by atoms with E-state index in [1.807, 2.05) is 27.7 Å². The number of benzene rings is 1. The van der Waals surface area contributed by atoms with E-state index in [4.69, 9.17) is 18.9 Å². The van der Waals surface area contributed by atoms with Crippen LogP contribution in [0.3, 0.4) is 0 Å². The first-order valence-corrected chi connectivity index (χ1v) is 11.1. The molecule has 0 saturated carbocycles. The minimum Gasteiger partial charge on any atom is -0.493 e. The maximum atomic E-state index is 12.4. The molecule has 0 aliphatic rings. The summed E-state index contributed by atoms with van der Waals surface area (Å²) >= 11 is 1.29. The number of ether oxygens (including phenoxy) is 4. The summed E-state index contributed by atoms with van der Waals surface area (Å²) in [5.41, 5.74) is 1.40. The second-order valence-corrected chi connectivity index (χ2v) is 8.30. The zero-order valence-electron chi connectivity index (χ0n) is 19.2. The van der Waals surface area contributed by atoms with Gasteiger partial charge >= 0.3 is 11.9 Å². The average Bonchev–Trinajstić information content (AvgIpc) is 3.06. The van der Waals surface area contributed by atoms with Crippen LogP contribution in [-0.2, 0) is 20.7 Å². The van der Waals surface area contributed by atoms with Gasteiger partial charge in [-0.25, -0.2) is 9.59 Å². The van der Waals surface area contributed by atoms with Crippen molar-refractivity contribution >= 4 is 34.2 Å². The molecule has 0 fully saturated rings. The first-order chi connectivity index (χ1) is 15.2. The Morgan fingerprint density at radius 1 is 1.06 bits per heavy atom. The average molecular weight is 464 g/mol. The Morgan fingerprint density at radius 2 is 1.78 bits per heavy atom. The summed E-state index contributed by atoms with van der Waals surface area (Å²) in [6.07, 6.45) is 0.568. The molecule has 32 heavy (non-hydrogen) atoms. The second kappa shape index (κ2) is 11.5. The summed E-state index contributed by atoms with van der Waals surface area (Å²) in [5.74, 6) is -0.839. The fourth-order valence-corrected chi connectivity index (χ4v) is 4.18. The second-order valence-electron chi connectivity index (χ2n) is 7.07. The van der Waals surface area contributed by atoms with Crippen LogP contribution in [0.1, 0.15) is 58.9 Å². The topological polar surface area (TPSA) is 100 Å². The fourth-order valence-electron chi connectivity index (χ4n) is 3.03. The third-order valence-electron chi connectivity index (χ3n) is 4.39. The fraction of sp³-hybridized carbons (Fsp3) is 0.435. The van der Waals surface area contributed by atoms with E-state index in [1.165, 1.54) is 30.6 Å². The molecule has 0 spiro atoms. The van der Waals surface area contributed by atoms with Crippen molar-refractivity contribution in [3.8, 4) is 11.5 Å². The molecule has 8 nitrogen and oxygen atoms in total. The van der Waals surface area contributed by atoms with Crippen molar-refractivity contribution in [2.24, 2.45) is 0 Å². The highest BCUT2D eigenvalue weighted by Gasteiger charge is 2.24. The Balaban J connectivity index is 2.07. The highest BCUT2D eigenvalue weighted by molar-refractivity contribution is 7.16. The molecule has 0 radical (unpaired) electrons. The van der Waals surface area contributed by atoms with Gasteiger partial charge in [-0.05, 0) is 57.9 Å². The lowest BCUT2D eigenvalue weighted by molar-refractivity contribution is -0.119. The summed E-state index contributed by atoms with van der Waals surface area (Å²) in [5, 5.41) is 3.05. The van der Waals surface area contributed by atoms with Crippen LogP contribution in [0.25, 0.3) is 0 Å². The number of aryl methyl sites for hydroxylation is 1. The third-order valence-corrected chi connectivity index (χ3v) is 5.45. The summed E-state index contributed by atoms with van der Waals surface area (Å²) < 4.78 is 21.2. The Morgan fingerprint density at radius 3 is 2.38 bits per heavy atom. The Bertz CT molecular complexity index is 981. The number of hydrogen-bond acceptors (Lipinski definition) is 8. The molecule has 1 aromatic heterocycles. The van der Waals surface area contributed by atoms with Crippen molar-refractivity contribution in [2.75, 3.05) is 25.6 Å². The number of nitrogens with one attached hydrogen (secondary N) is 1. The van der Waals surface area contributed by atoms with Crippen molar-refractivity contribution < 1.29 is 33.3 Å². The van der Waals surface area contributed by atoms with E-state index in [9.17, 15) is 14.4 Å². The number of anilines is 1. The lowest BCUT2D eigenvalue weighted by Gasteiger charge is -2.14. The molecule has 1 heterocycles. The Hall–Kier alpha value is -3.07. The van der Waals surface area contributed by atoms with Crippen LogP contribution >= 0.6 is 11.3 Å². The van der Waals surface area contributed by atoms with Gasteiger partial charge < -0.3 is 24.3 Å². The lowest BCUT2D eigenvalue weighted by Crippen LogP contribution is -2.22.